The van der Waals surface area contributed by atoms with Gasteiger partial charge in [-0.25, -0.2) is 0 Å². The van der Waals surface area contributed by atoms with Gasteiger partial charge in [0.2, 0.25) is 0 Å². The molecule has 0 fully saturated rings. The predicted molar refractivity (Wildman–Crippen MR) is 88.7 cm³/mol. The highest BCUT2D eigenvalue weighted by Crippen LogP contribution is 2.28. The minimum Gasteiger partial charge on any atom is -0.495 e. The van der Waals surface area contributed by atoms with E-state index in [2.05, 4.69) is 5.32 Å². The number of rotatable bonds is 6. The minimum atomic E-state index is -0.218. The summed E-state index contributed by atoms with van der Waals surface area (Å²) in [6, 6.07) is 10.4. The van der Waals surface area contributed by atoms with E-state index in [9.17, 15) is 4.79 Å². The molecule has 0 bridgehead atoms. The molecular formula is C17H18ClNO4. The molecule has 0 radical (unpaired) electrons. The molecular weight excluding hydrogens is 318 g/mol. The molecule has 2 aromatic rings. The largest absolute Gasteiger partial charge is 0.495 e. The molecule has 0 atom stereocenters. The van der Waals surface area contributed by atoms with Crippen LogP contribution in [-0.4, -0.2) is 27.2 Å². The summed E-state index contributed by atoms with van der Waals surface area (Å²) in [4.78, 5) is 12.2. The quantitative estimate of drug-likeness (QED) is 0.880. The number of carbonyl (C=O) groups excluding carboxylic acids is 1. The van der Waals surface area contributed by atoms with Crippen LogP contribution in [0.4, 0.5) is 0 Å². The van der Waals surface area contributed by atoms with E-state index >= 15 is 0 Å². The third-order valence-electron chi connectivity index (χ3n) is 3.32. The average molecular weight is 336 g/mol. The Hall–Kier alpha value is -2.40. The Kier molecular flexibility index (Phi) is 5.71. The van der Waals surface area contributed by atoms with E-state index in [1.54, 1.807) is 38.5 Å². The summed E-state index contributed by atoms with van der Waals surface area (Å²) in [5, 5.41) is 3.23. The molecule has 0 aliphatic heterocycles. The van der Waals surface area contributed by atoms with Crippen LogP contribution in [0, 0.1) is 0 Å². The zero-order chi connectivity index (χ0) is 16.8. The van der Waals surface area contributed by atoms with Crippen molar-refractivity contribution in [1.82, 2.24) is 5.32 Å². The fourth-order valence-corrected chi connectivity index (χ4v) is 2.34. The maximum absolute atomic E-state index is 12.2. The molecule has 0 aliphatic carbocycles. The first kappa shape index (κ1) is 17.0. The zero-order valence-electron chi connectivity index (χ0n) is 13.2. The summed E-state index contributed by atoms with van der Waals surface area (Å²) in [5.74, 6) is 1.57. The smallest absolute Gasteiger partial charge is 0.251 e. The van der Waals surface area contributed by atoms with Gasteiger partial charge in [0.1, 0.15) is 5.75 Å². The van der Waals surface area contributed by atoms with Gasteiger partial charge in [0.25, 0.3) is 5.91 Å². The molecule has 5 nitrogen and oxygen atoms in total. The number of benzene rings is 2. The first-order valence-corrected chi connectivity index (χ1v) is 7.29. The molecule has 6 heteroatoms. The van der Waals surface area contributed by atoms with Crippen molar-refractivity contribution in [3.63, 3.8) is 0 Å². The van der Waals surface area contributed by atoms with Crippen LogP contribution in [0.2, 0.25) is 5.02 Å². The van der Waals surface area contributed by atoms with Gasteiger partial charge in [-0.15, -0.1) is 0 Å². The Morgan fingerprint density at radius 1 is 0.957 bits per heavy atom. The van der Waals surface area contributed by atoms with E-state index < -0.39 is 0 Å². The Balaban J connectivity index is 2.05. The van der Waals surface area contributed by atoms with Gasteiger partial charge in [-0.1, -0.05) is 17.7 Å². The van der Waals surface area contributed by atoms with Crippen molar-refractivity contribution in [2.24, 2.45) is 0 Å². The topological polar surface area (TPSA) is 56.8 Å². The van der Waals surface area contributed by atoms with Crippen LogP contribution >= 0.6 is 11.6 Å². The normalized spacial score (nSPS) is 10.1. The highest BCUT2D eigenvalue weighted by molar-refractivity contribution is 6.32. The third kappa shape index (κ3) is 4.07. The lowest BCUT2D eigenvalue weighted by Gasteiger charge is -2.11. The number of halogens is 1. The molecule has 0 saturated heterocycles. The van der Waals surface area contributed by atoms with Crippen LogP contribution in [0.5, 0.6) is 17.2 Å². The number of carbonyl (C=O) groups is 1. The maximum atomic E-state index is 12.2. The molecule has 2 aromatic carbocycles. The van der Waals surface area contributed by atoms with E-state index in [4.69, 9.17) is 25.8 Å². The summed E-state index contributed by atoms with van der Waals surface area (Å²) in [6.45, 7) is 0.364. The Labute approximate surface area is 140 Å². The van der Waals surface area contributed by atoms with Crippen LogP contribution in [-0.2, 0) is 6.54 Å². The number of amides is 1. The van der Waals surface area contributed by atoms with Gasteiger partial charge in [-0.05, 0) is 35.9 Å². The molecule has 0 aromatic heterocycles. The number of nitrogens with one attached hydrogen (secondary N) is 1. The van der Waals surface area contributed by atoms with E-state index in [0.29, 0.717) is 34.4 Å². The van der Waals surface area contributed by atoms with Crippen LogP contribution in [0.3, 0.4) is 0 Å². The molecule has 122 valence electrons. The summed E-state index contributed by atoms with van der Waals surface area (Å²) in [7, 11) is 4.67. The van der Waals surface area contributed by atoms with Gasteiger partial charge in [0, 0.05) is 12.1 Å². The predicted octanol–water partition coefficient (Wildman–Crippen LogP) is 3.30. The maximum Gasteiger partial charge on any atom is 0.251 e. The average Bonchev–Trinajstić information content (AvgIpc) is 2.59. The van der Waals surface area contributed by atoms with Crippen LogP contribution in [0.15, 0.2) is 36.4 Å². The molecule has 0 spiro atoms. The monoisotopic (exact) mass is 335 g/mol. The van der Waals surface area contributed by atoms with Crippen LogP contribution in [0.1, 0.15) is 15.9 Å². The van der Waals surface area contributed by atoms with E-state index in [-0.39, 0.29) is 5.91 Å². The highest BCUT2D eigenvalue weighted by atomic mass is 35.5. The van der Waals surface area contributed by atoms with Crippen LogP contribution in [0.25, 0.3) is 0 Å². The molecule has 1 N–H and O–H groups in total. The summed E-state index contributed by atoms with van der Waals surface area (Å²) < 4.78 is 15.5. The van der Waals surface area contributed by atoms with Gasteiger partial charge >= 0.3 is 0 Å². The fourth-order valence-electron chi connectivity index (χ4n) is 2.08. The zero-order valence-corrected chi connectivity index (χ0v) is 13.9. The van der Waals surface area contributed by atoms with Crippen molar-refractivity contribution in [1.29, 1.82) is 0 Å². The van der Waals surface area contributed by atoms with E-state index in [0.717, 1.165) is 5.56 Å². The lowest BCUT2D eigenvalue weighted by molar-refractivity contribution is 0.0951. The van der Waals surface area contributed by atoms with Crippen molar-refractivity contribution in [2.75, 3.05) is 21.3 Å². The van der Waals surface area contributed by atoms with Crippen molar-refractivity contribution in [3.8, 4) is 17.2 Å². The molecule has 1 amide bonds. The first-order valence-electron chi connectivity index (χ1n) is 6.91. The first-order chi connectivity index (χ1) is 11.1. The van der Waals surface area contributed by atoms with Gasteiger partial charge in [0.15, 0.2) is 11.5 Å². The Bertz CT molecular complexity index is 703. The Morgan fingerprint density at radius 3 is 2.22 bits per heavy atom. The van der Waals surface area contributed by atoms with Gasteiger partial charge in [0.05, 0.1) is 26.4 Å². The molecule has 23 heavy (non-hydrogen) atoms. The molecule has 0 heterocycles. The lowest BCUT2D eigenvalue weighted by Crippen LogP contribution is -2.22. The van der Waals surface area contributed by atoms with Crippen molar-refractivity contribution in [3.05, 3.63) is 52.5 Å². The molecule has 0 unspecified atom stereocenters. The lowest BCUT2D eigenvalue weighted by atomic mass is 10.1. The Morgan fingerprint density at radius 2 is 1.61 bits per heavy atom. The fraction of sp³-hybridized carbons (Fsp3) is 0.235. The number of ether oxygens (including phenoxy) is 3. The van der Waals surface area contributed by atoms with Gasteiger partial charge < -0.3 is 19.5 Å². The van der Waals surface area contributed by atoms with E-state index in [1.165, 1.54) is 7.11 Å². The van der Waals surface area contributed by atoms with Gasteiger partial charge in [-0.3, -0.25) is 4.79 Å². The second kappa shape index (κ2) is 7.74. The standard InChI is InChI=1S/C17H18ClNO4/c1-21-14-7-5-12(9-13(14)18)17(20)19-10-11-4-6-15(22-2)16(8-11)23-3/h4-9H,10H2,1-3H3,(H,19,20). The third-order valence-corrected chi connectivity index (χ3v) is 3.61. The van der Waals surface area contributed by atoms with E-state index in [1.807, 2.05) is 12.1 Å². The number of hydrogen-bond acceptors (Lipinski definition) is 4. The SMILES string of the molecule is COc1ccc(C(=O)NCc2ccc(OC)c(OC)c2)cc1Cl. The summed E-state index contributed by atoms with van der Waals surface area (Å²) in [6.07, 6.45) is 0. The second-order valence-corrected chi connectivity index (χ2v) is 5.13. The number of methoxy groups -OCH3 is 3. The highest BCUT2D eigenvalue weighted by Gasteiger charge is 2.10. The molecule has 0 aliphatic rings. The van der Waals surface area contributed by atoms with Crippen molar-refractivity contribution in [2.45, 2.75) is 6.54 Å². The summed E-state index contributed by atoms with van der Waals surface area (Å²) >= 11 is 6.03. The van der Waals surface area contributed by atoms with Crippen molar-refractivity contribution >= 4 is 17.5 Å². The molecule has 2 rings (SSSR count). The van der Waals surface area contributed by atoms with Crippen LogP contribution < -0.4 is 19.5 Å². The second-order valence-electron chi connectivity index (χ2n) is 4.72. The van der Waals surface area contributed by atoms with Gasteiger partial charge in [-0.2, -0.15) is 0 Å². The molecule has 0 saturated carbocycles. The number of hydrogen-bond donors (Lipinski definition) is 1. The van der Waals surface area contributed by atoms with Crippen molar-refractivity contribution < 1.29 is 19.0 Å². The minimum absolute atomic E-state index is 0.218. The summed E-state index contributed by atoms with van der Waals surface area (Å²) in [5.41, 5.74) is 1.37.